The van der Waals surface area contributed by atoms with Gasteiger partial charge in [-0.25, -0.2) is 14.2 Å². The van der Waals surface area contributed by atoms with Gasteiger partial charge in [-0.1, -0.05) is 6.07 Å². The van der Waals surface area contributed by atoms with Gasteiger partial charge in [-0.3, -0.25) is 4.79 Å². The Morgan fingerprint density at radius 1 is 1.28 bits per heavy atom. The smallest absolute Gasteiger partial charge is 0.344 e. The minimum absolute atomic E-state index is 0.186. The van der Waals surface area contributed by atoms with Crippen LogP contribution in [0, 0.1) is 5.82 Å². The number of carbonyl (C=O) groups excluding carboxylic acids is 2. The number of halogens is 2. The van der Waals surface area contributed by atoms with Gasteiger partial charge in [0.15, 0.2) is 11.8 Å². The van der Waals surface area contributed by atoms with E-state index < -0.39 is 5.97 Å². The van der Waals surface area contributed by atoms with Gasteiger partial charge >= 0.3 is 5.97 Å². The van der Waals surface area contributed by atoms with E-state index in [0.29, 0.717) is 32.6 Å². The highest BCUT2D eigenvalue weighted by molar-refractivity contribution is 9.10. The predicted molar refractivity (Wildman–Crippen MR) is 113 cm³/mol. The summed E-state index contributed by atoms with van der Waals surface area (Å²) in [6, 6.07) is 10.9. The van der Waals surface area contributed by atoms with Gasteiger partial charge in [-0.2, -0.15) is 0 Å². The highest BCUT2D eigenvalue weighted by Crippen LogP contribution is 2.31. The third kappa shape index (κ3) is 5.91. The van der Waals surface area contributed by atoms with Crippen LogP contribution in [0.5, 0.6) is 5.75 Å². The lowest BCUT2D eigenvalue weighted by Gasteiger charge is -2.08. The van der Waals surface area contributed by atoms with Gasteiger partial charge in [0, 0.05) is 0 Å². The average molecular weight is 479 g/mol. The summed E-state index contributed by atoms with van der Waals surface area (Å²) in [5.74, 6) is -0.576. The first-order valence-corrected chi connectivity index (χ1v) is 10.2. The van der Waals surface area contributed by atoms with Crippen molar-refractivity contribution >= 4 is 56.5 Å². The summed E-state index contributed by atoms with van der Waals surface area (Å²) in [4.78, 5) is 28.4. The number of carbonyl (C=O) groups is 2. The molecule has 0 aromatic heterocycles. The van der Waals surface area contributed by atoms with Crippen LogP contribution < -0.4 is 10.1 Å². The Morgan fingerprint density at radius 3 is 2.72 bits per heavy atom. The number of amides is 1. The first-order valence-electron chi connectivity index (χ1n) is 8.57. The summed E-state index contributed by atoms with van der Waals surface area (Å²) in [5.41, 5.74) is 1.31. The van der Waals surface area contributed by atoms with Crippen LogP contribution in [0.4, 0.5) is 10.1 Å². The second kappa shape index (κ2) is 9.71. The van der Waals surface area contributed by atoms with Crippen LogP contribution in [-0.2, 0) is 14.3 Å². The molecule has 150 valence electrons. The Kier molecular flexibility index (Phi) is 7.05. The van der Waals surface area contributed by atoms with E-state index in [9.17, 15) is 14.0 Å². The van der Waals surface area contributed by atoms with Crippen LogP contribution in [-0.4, -0.2) is 30.3 Å². The third-order valence-electron chi connectivity index (χ3n) is 3.61. The summed E-state index contributed by atoms with van der Waals surface area (Å²) >= 11 is 4.59. The maximum absolute atomic E-state index is 13.0. The van der Waals surface area contributed by atoms with E-state index in [1.165, 1.54) is 36.0 Å². The van der Waals surface area contributed by atoms with E-state index in [-0.39, 0.29) is 18.3 Å². The van der Waals surface area contributed by atoms with E-state index in [2.05, 4.69) is 26.2 Å². The summed E-state index contributed by atoms with van der Waals surface area (Å²) < 4.78 is 23.9. The Balaban J connectivity index is 1.69. The molecule has 0 radical (unpaired) electrons. The molecule has 29 heavy (non-hydrogen) atoms. The lowest BCUT2D eigenvalue weighted by atomic mass is 10.2. The van der Waals surface area contributed by atoms with E-state index in [1.54, 1.807) is 31.2 Å². The average Bonchev–Trinajstić information content (AvgIpc) is 3.02. The number of amidine groups is 1. The molecule has 1 aliphatic heterocycles. The van der Waals surface area contributed by atoms with Crippen molar-refractivity contribution in [1.29, 1.82) is 0 Å². The van der Waals surface area contributed by atoms with Crippen molar-refractivity contribution < 1.29 is 23.5 Å². The highest BCUT2D eigenvalue weighted by Gasteiger charge is 2.24. The standard InChI is InChI=1S/C20H16BrFN2O4S/c1-2-27-18(25)11-28-16-8-3-12(9-15(16)21)10-17-19(26)24-20(29-17)23-14-6-4-13(22)5-7-14/h3-10H,2,11H2,1H3,(H,23,24,26)/b17-10+. The number of thioether (sulfide) groups is 1. The number of aliphatic imine (C=N–C) groups is 1. The van der Waals surface area contributed by atoms with E-state index in [1.807, 2.05) is 0 Å². The van der Waals surface area contributed by atoms with Crippen LogP contribution in [0.1, 0.15) is 12.5 Å². The number of rotatable bonds is 6. The number of esters is 1. The fourth-order valence-corrected chi connectivity index (χ4v) is 3.68. The van der Waals surface area contributed by atoms with Crippen LogP contribution in [0.3, 0.4) is 0 Å². The quantitative estimate of drug-likeness (QED) is 0.491. The summed E-state index contributed by atoms with van der Waals surface area (Å²) in [6.07, 6.45) is 1.72. The van der Waals surface area contributed by atoms with Crippen molar-refractivity contribution in [1.82, 2.24) is 5.32 Å². The van der Waals surface area contributed by atoms with Gasteiger partial charge in [0.1, 0.15) is 11.6 Å². The third-order valence-corrected chi connectivity index (χ3v) is 5.14. The number of hydrogen-bond donors (Lipinski definition) is 1. The molecule has 0 bridgehead atoms. The fourth-order valence-electron chi connectivity index (χ4n) is 2.33. The van der Waals surface area contributed by atoms with E-state index in [0.717, 1.165) is 5.56 Å². The molecule has 0 saturated carbocycles. The monoisotopic (exact) mass is 478 g/mol. The second-order valence-corrected chi connectivity index (χ2v) is 7.63. The molecule has 1 aliphatic rings. The van der Waals surface area contributed by atoms with Crippen LogP contribution in [0.25, 0.3) is 6.08 Å². The van der Waals surface area contributed by atoms with Crippen molar-refractivity contribution in [2.45, 2.75) is 6.92 Å². The van der Waals surface area contributed by atoms with Crippen molar-refractivity contribution in [2.75, 3.05) is 13.2 Å². The van der Waals surface area contributed by atoms with Crippen molar-refractivity contribution in [3.63, 3.8) is 0 Å². The molecule has 1 N–H and O–H groups in total. The number of nitrogens with zero attached hydrogens (tertiary/aromatic N) is 1. The Hall–Kier alpha value is -2.65. The molecule has 0 aliphatic carbocycles. The van der Waals surface area contributed by atoms with Gasteiger partial charge in [0.25, 0.3) is 5.91 Å². The SMILES string of the molecule is CCOC(=O)COc1ccc(/C=C2/SC(=Nc3ccc(F)cc3)NC2=O)cc1Br. The van der Waals surface area contributed by atoms with Gasteiger partial charge in [-0.15, -0.1) is 0 Å². The van der Waals surface area contributed by atoms with Crippen molar-refractivity contribution in [2.24, 2.45) is 4.99 Å². The molecule has 1 fully saturated rings. The maximum atomic E-state index is 13.0. The number of benzene rings is 2. The minimum Gasteiger partial charge on any atom is -0.481 e. The maximum Gasteiger partial charge on any atom is 0.344 e. The van der Waals surface area contributed by atoms with Gasteiger partial charge in [0.05, 0.1) is 21.7 Å². The second-order valence-electron chi connectivity index (χ2n) is 5.74. The van der Waals surface area contributed by atoms with Gasteiger partial charge in [0.2, 0.25) is 0 Å². The lowest BCUT2D eigenvalue weighted by Crippen LogP contribution is -2.19. The molecule has 9 heteroatoms. The number of ether oxygens (including phenoxy) is 2. The van der Waals surface area contributed by atoms with Crippen LogP contribution in [0.2, 0.25) is 0 Å². The first-order chi connectivity index (χ1) is 13.9. The molecule has 0 spiro atoms. The molecule has 0 atom stereocenters. The van der Waals surface area contributed by atoms with Crippen LogP contribution >= 0.6 is 27.7 Å². The van der Waals surface area contributed by atoms with E-state index in [4.69, 9.17) is 9.47 Å². The predicted octanol–water partition coefficient (Wildman–Crippen LogP) is 4.42. The van der Waals surface area contributed by atoms with Crippen molar-refractivity contribution in [3.05, 3.63) is 63.2 Å². The molecule has 3 rings (SSSR count). The fraction of sp³-hybridized carbons (Fsp3) is 0.150. The summed E-state index contributed by atoms with van der Waals surface area (Å²) in [5, 5.41) is 3.10. The number of nitrogens with one attached hydrogen (secondary N) is 1. The highest BCUT2D eigenvalue weighted by atomic mass is 79.9. The van der Waals surface area contributed by atoms with Gasteiger partial charge < -0.3 is 14.8 Å². The zero-order valence-corrected chi connectivity index (χ0v) is 17.7. The van der Waals surface area contributed by atoms with E-state index >= 15 is 0 Å². The molecular formula is C20H16BrFN2O4S. The molecule has 1 saturated heterocycles. The molecule has 2 aromatic carbocycles. The zero-order valence-electron chi connectivity index (χ0n) is 15.3. The van der Waals surface area contributed by atoms with Gasteiger partial charge in [-0.05, 0) is 82.7 Å². The first kappa shape index (κ1) is 21.1. The molecule has 2 aromatic rings. The molecule has 0 unspecified atom stereocenters. The molecular weight excluding hydrogens is 463 g/mol. The zero-order chi connectivity index (χ0) is 20.8. The Morgan fingerprint density at radius 2 is 2.03 bits per heavy atom. The normalized spacial score (nSPS) is 16.2. The molecule has 6 nitrogen and oxygen atoms in total. The van der Waals surface area contributed by atoms with Crippen LogP contribution in [0.15, 0.2) is 56.8 Å². The molecule has 1 amide bonds. The summed E-state index contributed by atoms with van der Waals surface area (Å²) in [6.45, 7) is 1.83. The minimum atomic E-state index is -0.447. The number of hydrogen-bond acceptors (Lipinski definition) is 6. The largest absolute Gasteiger partial charge is 0.481 e. The Bertz CT molecular complexity index is 992. The Labute approximate surface area is 179 Å². The van der Waals surface area contributed by atoms with Crippen molar-refractivity contribution in [3.8, 4) is 5.75 Å². The summed E-state index contributed by atoms with van der Waals surface area (Å²) in [7, 11) is 0. The molecule has 1 heterocycles. The topological polar surface area (TPSA) is 77.0 Å². The lowest BCUT2D eigenvalue weighted by molar-refractivity contribution is -0.145.